The van der Waals surface area contributed by atoms with Crippen molar-refractivity contribution in [3.63, 3.8) is 0 Å². The molecule has 25 heavy (non-hydrogen) atoms. The van der Waals surface area contributed by atoms with Crippen molar-refractivity contribution in [3.05, 3.63) is 66.0 Å². The smallest absolute Gasteiger partial charge is 0.317 e. The van der Waals surface area contributed by atoms with Crippen molar-refractivity contribution < 1.29 is 4.79 Å². The van der Waals surface area contributed by atoms with Gasteiger partial charge in [0.25, 0.3) is 0 Å². The number of pyridine rings is 1. The zero-order chi connectivity index (χ0) is 17.5. The number of benzene rings is 1. The van der Waals surface area contributed by atoms with Gasteiger partial charge in [0.2, 0.25) is 0 Å². The quantitative estimate of drug-likeness (QED) is 0.844. The molecule has 0 bridgehead atoms. The Morgan fingerprint density at radius 1 is 1.20 bits per heavy atom. The molecule has 1 unspecified atom stereocenters. The standard InChI is InChI=1S/C21H27N3O/c1-21(18-9-3-2-4-10-18)13-8-16-24(17-21)20(25)23-15-7-12-19-11-5-6-14-22-19/h2-6,9-11,14H,7-8,12-13,15-17H2,1H3,(H,23,25). The Labute approximate surface area is 150 Å². The minimum absolute atomic E-state index is 0.0464. The molecule has 2 aromatic rings. The van der Waals surface area contributed by atoms with Crippen LogP contribution in [-0.4, -0.2) is 35.5 Å². The lowest BCUT2D eigenvalue weighted by molar-refractivity contribution is 0.156. The summed E-state index contributed by atoms with van der Waals surface area (Å²) in [6.45, 7) is 4.58. The Hall–Kier alpha value is -2.36. The molecule has 1 aliphatic rings. The van der Waals surface area contributed by atoms with Crippen molar-refractivity contribution in [1.29, 1.82) is 0 Å². The molecule has 1 atom stereocenters. The van der Waals surface area contributed by atoms with Crippen molar-refractivity contribution in [1.82, 2.24) is 15.2 Å². The monoisotopic (exact) mass is 337 g/mol. The van der Waals surface area contributed by atoms with Gasteiger partial charge in [0.1, 0.15) is 0 Å². The number of carbonyl (C=O) groups is 1. The molecule has 1 aliphatic heterocycles. The predicted octanol–water partition coefficient (Wildman–Crippen LogP) is 3.78. The average molecular weight is 337 g/mol. The van der Waals surface area contributed by atoms with Crippen LogP contribution < -0.4 is 5.32 Å². The topological polar surface area (TPSA) is 45.2 Å². The first-order chi connectivity index (χ1) is 12.2. The van der Waals surface area contributed by atoms with E-state index in [1.807, 2.05) is 35.4 Å². The number of hydrogen-bond donors (Lipinski definition) is 1. The number of rotatable bonds is 5. The summed E-state index contributed by atoms with van der Waals surface area (Å²) in [5.41, 5.74) is 2.44. The van der Waals surface area contributed by atoms with Crippen molar-refractivity contribution in [2.24, 2.45) is 0 Å². The summed E-state index contributed by atoms with van der Waals surface area (Å²) >= 11 is 0. The number of aryl methyl sites for hydroxylation is 1. The molecule has 1 aromatic carbocycles. The van der Waals surface area contributed by atoms with Crippen LogP contribution in [0.5, 0.6) is 0 Å². The maximum Gasteiger partial charge on any atom is 0.317 e. The number of urea groups is 1. The number of nitrogens with zero attached hydrogens (tertiary/aromatic N) is 2. The highest BCUT2D eigenvalue weighted by atomic mass is 16.2. The van der Waals surface area contributed by atoms with Crippen molar-refractivity contribution in [3.8, 4) is 0 Å². The third kappa shape index (κ3) is 4.59. The molecule has 0 saturated carbocycles. The van der Waals surface area contributed by atoms with E-state index in [2.05, 4.69) is 41.5 Å². The number of amides is 2. The predicted molar refractivity (Wildman–Crippen MR) is 101 cm³/mol. The van der Waals surface area contributed by atoms with E-state index in [0.717, 1.165) is 44.5 Å². The largest absolute Gasteiger partial charge is 0.338 e. The van der Waals surface area contributed by atoms with Crippen molar-refractivity contribution in [2.75, 3.05) is 19.6 Å². The molecular weight excluding hydrogens is 310 g/mol. The highest BCUT2D eigenvalue weighted by Gasteiger charge is 2.34. The summed E-state index contributed by atoms with van der Waals surface area (Å²) < 4.78 is 0. The van der Waals surface area contributed by atoms with E-state index in [1.54, 1.807) is 0 Å². The maximum absolute atomic E-state index is 12.5. The van der Waals surface area contributed by atoms with E-state index in [0.29, 0.717) is 6.54 Å². The second kappa shape index (κ2) is 8.15. The zero-order valence-electron chi connectivity index (χ0n) is 14.9. The molecule has 1 fully saturated rings. The van der Waals surface area contributed by atoms with Crippen LogP contribution in [-0.2, 0) is 11.8 Å². The molecule has 2 amide bonds. The van der Waals surface area contributed by atoms with Crippen LogP contribution in [0.25, 0.3) is 0 Å². The highest BCUT2D eigenvalue weighted by Crippen LogP contribution is 2.33. The van der Waals surface area contributed by atoms with Crippen LogP contribution in [0.4, 0.5) is 4.79 Å². The molecule has 3 rings (SSSR count). The van der Waals surface area contributed by atoms with Crippen LogP contribution in [0.3, 0.4) is 0 Å². The Morgan fingerprint density at radius 3 is 2.76 bits per heavy atom. The van der Waals surface area contributed by atoms with Gasteiger partial charge in [0.15, 0.2) is 0 Å². The molecule has 4 nitrogen and oxygen atoms in total. The molecule has 4 heteroatoms. The van der Waals surface area contributed by atoms with Gasteiger partial charge in [-0.1, -0.05) is 43.3 Å². The Kier molecular flexibility index (Phi) is 5.69. The molecule has 1 saturated heterocycles. The second-order valence-corrected chi connectivity index (χ2v) is 7.11. The summed E-state index contributed by atoms with van der Waals surface area (Å²) in [6, 6.07) is 16.6. The van der Waals surface area contributed by atoms with Gasteiger partial charge >= 0.3 is 6.03 Å². The van der Waals surface area contributed by atoms with Crippen LogP contribution in [0.1, 0.15) is 37.4 Å². The summed E-state index contributed by atoms with van der Waals surface area (Å²) in [5, 5.41) is 3.07. The van der Waals surface area contributed by atoms with Gasteiger partial charge in [-0.3, -0.25) is 4.98 Å². The van der Waals surface area contributed by atoms with E-state index < -0.39 is 0 Å². The van der Waals surface area contributed by atoms with Crippen LogP contribution in [0.15, 0.2) is 54.7 Å². The summed E-state index contributed by atoms with van der Waals surface area (Å²) in [4.78, 5) is 18.8. The minimum Gasteiger partial charge on any atom is -0.338 e. The third-order valence-corrected chi connectivity index (χ3v) is 5.07. The van der Waals surface area contributed by atoms with Crippen LogP contribution in [0.2, 0.25) is 0 Å². The van der Waals surface area contributed by atoms with Gasteiger partial charge in [-0.2, -0.15) is 0 Å². The van der Waals surface area contributed by atoms with E-state index in [1.165, 1.54) is 5.56 Å². The molecular formula is C21H27N3O. The number of nitrogens with one attached hydrogen (secondary N) is 1. The maximum atomic E-state index is 12.5. The second-order valence-electron chi connectivity index (χ2n) is 7.11. The van der Waals surface area contributed by atoms with Crippen LogP contribution in [0, 0.1) is 0 Å². The highest BCUT2D eigenvalue weighted by molar-refractivity contribution is 5.74. The summed E-state index contributed by atoms with van der Waals surface area (Å²) in [6.07, 6.45) is 5.79. The third-order valence-electron chi connectivity index (χ3n) is 5.07. The lowest BCUT2D eigenvalue weighted by Crippen LogP contribution is -2.50. The Morgan fingerprint density at radius 2 is 2.00 bits per heavy atom. The average Bonchev–Trinajstić information content (AvgIpc) is 2.67. The number of carbonyl (C=O) groups excluding carboxylic acids is 1. The van der Waals surface area contributed by atoms with E-state index in [4.69, 9.17) is 0 Å². The van der Waals surface area contributed by atoms with Gasteiger partial charge in [0, 0.05) is 36.9 Å². The lowest BCUT2D eigenvalue weighted by Gasteiger charge is -2.41. The summed E-state index contributed by atoms with van der Waals surface area (Å²) in [7, 11) is 0. The fourth-order valence-electron chi connectivity index (χ4n) is 3.61. The van der Waals surface area contributed by atoms with Crippen LogP contribution >= 0.6 is 0 Å². The lowest BCUT2D eigenvalue weighted by atomic mass is 9.76. The normalized spacial score (nSPS) is 20.3. The minimum atomic E-state index is 0.0464. The van der Waals surface area contributed by atoms with Crippen molar-refractivity contribution >= 4 is 6.03 Å². The molecule has 0 radical (unpaired) electrons. The van der Waals surface area contributed by atoms with Gasteiger partial charge in [-0.05, 0) is 43.4 Å². The first-order valence-corrected chi connectivity index (χ1v) is 9.16. The fourth-order valence-corrected chi connectivity index (χ4v) is 3.61. The fraction of sp³-hybridized carbons (Fsp3) is 0.429. The molecule has 0 aliphatic carbocycles. The SMILES string of the molecule is CC1(c2ccccc2)CCCN(C(=O)NCCCc2ccccn2)C1. The van der Waals surface area contributed by atoms with Crippen molar-refractivity contribution in [2.45, 2.75) is 38.0 Å². The molecule has 1 N–H and O–H groups in total. The number of piperidine rings is 1. The molecule has 132 valence electrons. The molecule has 2 heterocycles. The number of likely N-dealkylation sites (tertiary alicyclic amines) is 1. The Balaban J connectivity index is 1.49. The Bertz CT molecular complexity index is 674. The van der Waals surface area contributed by atoms with E-state index >= 15 is 0 Å². The van der Waals surface area contributed by atoms with E-state index in [-0.39, 0.29) is 11.4 Å². The first kappa shape index (κ1) is 17.5. The molecule has 1 aromatic heterocycles. The van der Waals surface area contributed by atoms with Gasteiger partial charge < -0.3 is 10.2 Å². The van der Waals surface area contributed by atoms with E-state index in [9.17, 15) is 4.79 Å². The molecule has 0 spiro atoms. The number of hydrogen-bond acceptors (Lipinski definition) is 2. The first-order valence-electron chi connectivity index (χ1n) is 9.16. The number of aromatic nitrogens is 1. The van der Waals surface area contributed by atoms with Gasteiger partial charge in [-0.15, -0.1) is 0 Å². The summed E-state index contributed by atoms with van der Waals surface area (Å²) in [5.74, 6) is 0. The van der Waals surface area contributed by atoms with Gasteiger partial charge in [-0.25, -0.2) is 4.79 Å². The van der Waals surface area contributed by atoms with Gasteiger partial charge in [0.05, 0.1) is 0 Å². The zero-order valence-corrected chi connectivity index (χ0v) is 14.9.